The van der Waals surface area contributed by atoms with Crippen molar-refractivity contribution in [2.75, 3.05) is 0 Å². The van der Waals surface area contributed by atoms with E-state index in [1.807, 2.05) is 0 Å². The smallest absolute Gasteiger partial charge is 0.0429 e. The summed E-state index contributed by atoms with van der Waals surface area (Å²) in [5.74, 6) is 0. The maximum absolute atomic E-state index is 6.60. The van der Waals surface area contributed by atoms with Crippen molar-refractivity contribution < 1.29 is 0 Å². The first-order chi connectivity index (χ1) is 9.54. The van der Waals surface area contributed by atoms with Crippen molar-refractivity contribution in [3.63, 3.8) is 0 Å². The van der Waals surface area contributed by atoms with Crippen LogP contribution in [-0.2, 0) is 24.8 Å². The van der Waals surface area contributed by atoms with E-state index in [0.717, 1.165) is 10.9 Å². The van der Waals surface area contributed by atoms with Gasteiger partial charge in [0, 0.05) is 26.7 Å². The predicted molar refractivity (Wildman–Crippen MR) is 90.3 cm³/mol. The van der Waals surface area contributed by atoms with Crippen LogP contribution < -0.4 is 5.73 Å². The fourth-order valence-electron chi connectivity index (χ4n) is 3.00. The third-order valence-corrected chi connectivity index (χ3v) is 5.87. The topological polar surface area (TPSA) is 26.0 Å². The molecule has 3 rings (SSSR count). The molecule has 20 heavy (non-hydrogen) atoms. The zero-order valence-electron chi connectivity index (χ0n) is 11.8. The molecule has 1 aromatic heterocycles. The molecule has 1 nitrogen and oxygen atoms in total. The van der Waals surface area contributed by atoms with E-state index < -0.39 is 0 Å². The second kappa shape index (κ2) is 5.63. The van der Waals surface area contributed by atoms with Crippen molar-refractivity contribution in [2.24, 2.45) is 5.73 Å². The molecule has 0 fully saturated rings. The van der Waals surface area contributed by atoms with Crippen molar-refractivity contribution in [3.05, 3.63) is 55.7 Å². The molecule has 0 amide bonds. The Kier molecular flexibility index (Phi) is 4.02. The second-order valence-corrected chi connectivity index (χ2v) is 7.93. The van der Waals surface area contributed by atoms with Crippen LogP contribution in [0.4, 0.5) is 0 Å². The van der Waals surface area contributed by atoms with E-state index in [0.29, 0.717) is 0 Å². The van der Waals surface area contributed by atoms with Gasteiger partial charge in [-0.1, -0.05) is 18.2 Å². The minimum Gasteiger partial charge on any atom is -0.321 e. The Morgan fingerprint density at radius 3 is 2.65 bits per heavy atom. The van der Waals surface area contributed by atoms with Gasteiger partial charge in [0.1, 0.15) is 0 Å². The Morgan fingerprint density at radius 2 is 1.95 bits per heavy atom. The summed E-state index contributed by atoms with van der Waals surface area (Å²) >= 11 is 5.29. The minimum atomic E-state index is -0.295. The Bertz CT molecular complexity index is 615. The molecule has 2 N–H and O–H groups in total. The zero-order valence-corrected chi connectivity index (χ0v) is 14.2. The molecule has 0 bridgehead atoms. The molecule has 1 unspecified atom stereocenters. The van der Waals surface area contributed by atoms with Crippen LogP contribution in [0.2, 0.25) is 0 Å². The predicted octanol–water partition coefficient (Wildman–Crippen LogP) is 4.81. The first-order valence-corrected chi connectivity index (χ1v) is 8.86. The first kappa shape index (κ1) is 14.3. The molecule has 0 radical (unpaired) electrons. The van der Waals surface area contributed by atoms with Gasteiger partial charge >= 0.3 is 0 Å². The summed E-state index contributed by atoms with van der Waals surface area (Å²) in [6.07, 6.45) is 5.98. The largest absolute Gasteiger partial charge is 0.321 e. The number of benzene rings is 1. The van der Waals surface area contributed by atoms with Crippen molar-refractivity contribution in [3.8, 4) is 0 Å². The Balaban J connectivity index is 1.86. The van der Waals surface area contributed by atoms with Gasteiger partial charge in [0.15, 0.2) is 0 Å². The number of hydrogen-bond acceptors (Lipinski definition) is 2. The summed E-state index contributed by atoms with van der Waals surface area (Å²) in [7, 11) is 0. The van der Waals surface area contributed by atoms with Crippen LogP contribution >= 0.6 is 27.3 Å². The molecule has 0 spiro atoms. The van der Waals surface area contributed by atoms with Crippen LogP contribution in [0.15, 0.2) is 34.1 Å². The summed E-state index contributed by atoms with van der Waals surface area (Å²) in [5, 5.41) is 2.12. The van der Waals surface area contributed by atoms with E-state index in [1.54, 1.807) is 11.3 Å². The monoisotopic (exact) mass is 349 g/mol. The van der Waals surface area contributed by atoms with Crippen LogP contribution in [0.3, 0.4) is 0 Å². The summed E-state index contributed by atoms with van der Waals surface area (Å²) in [6, 6.07) is 9.04. The van der Waals surface area contributed by atoms with Crippen LogP contribution in [-0.4, -0.2) is 0 Å². The normalized spacial score (nSPS) is 17.6. The minimum absolute atomic E-state index is 0.295. The maximum Gasteiger partial charge on any atom is 0.0429 e. The molecule has 3 heteroatoms. The number of halogens is 1. The fourth-order valence-corrected chi connectivity index (χ4v) is 4.62. The number of thiophene rings is 1. The number of hydrogen-bond donors (Lipinski definition) is 1. The van der Waals surface area contributed by atoms with Gasteiger partial charge in [-0.05, 0) is 71.3 Å². The van der Waals surface area contributed by atoms with Gasteiger partial charge < -0.3 is 5.73 Å². The fraction of sp³-hybridized carbons (Fsp3) is 0.412. The van der Waals surface area contributed by atoms with E-state index in [9.17, 15) is 0 Å². The first-order valence-electron chi connectivity index (χ1n) is 7.19. The Hall–Kier alpha value is -0.640. The zero-order chi connectivity index (χ0) is 14.2. The molecule has 0 saturated heterocycles. The van der Waals surface area contributed by atoms with Crippen LogP contribution in [0.1, 0.15) is 41.3 Å². The van der Waals surface area contributed by atoms with Crippen LogP contribution in [0.5, 0.6) is 0 Å². The van der Waals surface area contributed by atoms with Crippen molar-refractivity contribution >= 4 is 27.3 Å². The van der Waals surface area contributed by atoms with E-state index in [4.69, 9.17) is 5.73 Å². The molecule has 106 valence electrons. The third-order valence-electron chi connectivity index (χ3n) is 4.17. The lowest BCUT2D eigenvalue weighted by molar-refractivity contribution is 0.494. The van der Waals surface area contributed by atoms with E-state index >= 15 is 0 Å². The molecule has 1 aliphatic carbocycles. The average molecular weight is 350 g/mol. The van der Waals surface area contributed by atoms with Gasteiger partial charge in [-0.25, -0.2) is 0 Å². The lowest BCUT2D eigenvalue weighted by atomic mass is 9.83. The summed E-state index contributed by atoms with van der Waals surface area (Å²) in [4.78, 5) is 1.33. The molecule has 2 aromatic rings. The van der Waals surface area contributed by atoms with Gasteiger partial charge in [-0.3, -0.25) is 0 Å². The standard InChI is InChI=1S/C17H20BrNS/c1-17(19,10-16-9-15(18)11-20-16)14-7-6-12-4-2-3-5-13(12)8-14/h6-9,11H,2-5,10,19H2,1H3. The lowest BCUT2D eigenvalue weighted by Gasteiger charge is -2.27. The Morgan fingerprint density at radius 1 is 1.20 bits per heavy atom. The number of aryl methyl sites for hydroxylation is 2. The molecule has 1 aliphatic rings. The summed E-state index contributed by atoms with van der Waals surface area (Å²) < 4.78 is 1.15. The molecular formula is C17H20BrNS. The van der Waals surface area contributed by atoms with E-state index in [2.05, 4.69) is 52.5 Å². The molecule has 1 heterocycles. The van der Waals surface area contributed by atoms with Crippen molar-refractivity contribution in [1.82, 2.24) is 0 Å². The highest BCUT2D eigenvalue weighted by molar-refractivity contribution is 9.10. The summed E-state index contributed by atoms with van der Waals surface area (Å²) in [6.45, 7) is 2.14. The molecular weight excluding hydrogens is 330 g/mol. The molecule has 0 saturated carbocycles. The maximum atomic E-state index is 6.60. The molecule has 0 aliphatic heterocycles. The van der Waals surface area contributed by atoms with Crippen molar-refractivity contribution in [2.45, 2.75) is 44.6 Å². The SMILES string of the molecule is CC(N)(Cc1cc(Br)cs1)c1ccc2c(c1)CCCC2. The van der Waals surface area contributed by atoms with Gasteiger partial charge in [-0.15, -0.1) is 11.3 Å². The molecule has 1 aromatic carbocycles. The van der Waals surface area contributed by atoms with E-state index in [-0.39, 0.29) is 5.54 Å². The van der Waals surface area contributed by atoms with Crippen LogP contribution in [0.25, 0.3) is 0 Å². The Labute approximate surface area is 133 Å². The number of fused-ring (bicyclic) bond motifs is 1. The van der Waals surface area contributed by atoms with Gasteiger partial charge in [0.2, 0.25) is 0 Å². The number of rotatable bonds is 3. The highest BCUT2D eigenvalue weighted by atomic mass is 79.9. The third kappa shape index (κ3) is 3.00. The second-order valence-electron chi connectivity index (χ2n) is 6.02. The van der Waals surface area contributed by atoms with E-state index in [1.165, 1.54) is 47.3 Å². The lowest BCUT2D eigenvalue weighted by Crippen LogP contribution is -2.35. The van der Waals surface area contributed by atoms with Crippen LogP contribution in [0, 0.1) is 0 Å². The molecule has 1 atom stereocenters. The van der Waals surface area contributed by atoms with Gasteiger partial charge in [0.05, 0.1) is 0 Å². The number of nitrogens with two attached hydrogens (primary N) is 1. The summed E-state index contributed by atoms with van der Waals surface area (Å²) in [5.41, 5.74) is 10.6. The highest BCUT2D eigenvalue weighted by Crippen LogP contribution is 2.31. The highest BCUT2D eigenvalue weighted by Gasteiger charge is 2.24. The average Bonchev–Trinajstić information content (AvgIpc) is 2.83. The van der Waals surface area contributed by atoms with Gasteiger partial charge in [-0.2, -0.15) is 0 Å². The van der Waals surface area contributed by atoms with Crippen molar-refractivity contribution in [1.29, 1.82) is 0 Å². The quantitative estimate of drug-likeness (QED) is 0.845. The van der Waals surface area contributed by atoms with Gasteiger partial charge in [0.25, 0.3) is 0 Å².